The van der Waals surface area contributed by atoms with Gasteiger partial charge in [0.15, 0.2) is 5.82 Å². The summed E-state index contributed by atoms with van der Waals surface area (Å²) in [6.07, 6.45) is 0. The first-order chi connectivity index (χ1) is 9.67. The summed E-state index contributed by atoms with van der Waals surface area (Å²) in [5.41, 5.74) is -0.0538. The van der Waals surface area contributed by atoms with E-state index in [9.17, 15) is 9.65 Å². The van der Waals surface area contributed by atoms with Crippen LogP contribution in [0, 0.1) is 28.5 Å². The lowest BCUT2D eigenvalue weighted by atomic mass is 10.1. The quantitative estimate of drug-likeness (QED) is 0.594. The molecule has 0 aromatic heterocycles. The number of nitrogens with zero attached hydrogens (tertiary/aromatic N) is 2. The van der Waals surface area contributed by atoms with Crippen LogP contribution in [-0.4, -0.2) is 0 Å². The minimum Gasteiger partial charge on any atom is -0.205 e. The SMILES string of the molecule is N#Cc1c(F)c(P)c2c(c1C#N)Sc1ccccc1S2. The molecule has 2 aromatic rings. The standard InChI is InChI=1S/C14H6FN2PS2/c15-11-7(5-16)8(6-17)13-14(12(11)18)20-10-4-2-1-3-9(10)19-13/h1-4H,18H2. The predicted octanol–water partition coefficient (Wildman–Crippen LogP) is 3.69. The zero-order valence-corrected chi connectivity index (χ0v) is 12.8. The third-order valence-corrected chi connectivity index (χ3v) is 6.28. The van der Waals surface area contributed by atoms with E-state index < -0.39 is 5.82 Å². The number of nitriles is 2. The van der Waals surface area contributed by atoms with Gasteiger partial charge in [-0.1, -0.05) is 35.7 Å². The molecule has 1 aliphatic heterocycles. The molecular weight excluding hydrogens is 310 g/mol. The van der Waals surface area contributed by atoms with Gasteiger partial charge in [-0.15, -0.1) is 9.24 Å². The summed E-state index contributed by atoms with van der Waals surface area (Å²) in [6.45, 7) is 0. The van der Waals surface area contributed by atoms with E-state index in [1.54, 1.807) is 6.07 Å². The maximum atomic E-state index is 14.2. The Morgan fingerprint density at radius 1 is 0.950 bits per heavy atom. The van der Waals surface area contributed by atoms with Crippen LogP contribution in [0.4, 0.5) is 4.39 Å². The van der Waals surface area contributed by atoms with Crippen LogP contribution in [0.25, 0.3) is 0 Å². The number of fused-ring (bicyclic) bond motifs is 2. The van der Waals surface area contributed by atoms with Crippen LogP contribution in [0.15, 0.2) is 43.8 Å². The van der Waals surface area contributed by atoms with Crippen molar-refractivity contribution in [2.24, 2.45) is 0 Å². The van der Waals surface area contributed by atoms with Gasteiger partial charge in [-0.2, -0.15) is 10.5 Å². The molecule has 3 rings (SSSR count). The third kappa shape index (κ3) is 1.91. The number of rotatable bonds is 0. The van der Waals surface area contributed by atoms with Crippen LogP contribution in [0.2, 0.25) is 0 Å². The molecule has 20 heavy (non-hydrogen) atoms. The van der Waals surface area contributed by atoms with Crippen molar-refractivity contribution in [3.8, 4) is 12.1 Å². The molecule has 2 nitrogen and oxygen atoms in total. The molecule has 96 valence electrons. The molecule has 0 bridgehead atoms. The van der Waals surface area contributed by atoms with Gasteiger partial charge in [0, 0.05) is 24.9 Å². The van der Waals surface area contributed by atoms with Gasteiger partial charge in [0.1, 0.15) is 17.7 Å². The molecular formula is C14H6FN2PS2. The van der Waals surface area contributed by atoms with Crippen molar-refractivity contribution >= 4 is 38.1 Å². The number of halogens is 1. The van der Waals surface area contributed by atoms with Gasteiger partial charge in [0.05, 0.1) is 5.56 Å². The molecule has 0 amide bonds. The number of benzene rings is 2. The minimum absolute atomic E-state index is 0.123. The molecule has 1 atom stereocenters. The Bertz CT molecular complexity index is 821. The number of hydrogen-bond donors (Lipinski definition) is 0. The van der Waals surface area contributed by atoms with Gasteiger partial charge in [-0.25, -0.2) is 4.39 Å². The summed E-state index contributed by atoms with van der Waals surface area (Å²) in [5.74, 6) is -0.625. The third-order valence-electron chi connectivity index (χ3n) is 2.88. The highest BCUT2D eigenvalue weighted by Gasteiger charge is 2.27. The summed E-state index contributed by atoms with van der Waals surface area (Å²) in [7, 11) is 2.34. The first-order valence-electron chi connectivity index (χ1n) is 5.57. The fraction of sp³-hybridized carbons (Fsp3) is 0. The maximum absolute atomic E-state index is 14.2. The van der Waals surface area contributed by atoms with E-state index in [1.807, 2.05) is 30.3 Å². The van der Waals surface area contributed by atoms with Crippen molar-refractivity contribution in [2.45, 2.75) is 19.6 Å². The van der Waals surface area contributed by atoms with Crippen LogP contribution in [0.5, 0.6) is 0 Å². The molecule has 1 unspecified atom stereocenters. The van der Waals surface area contributed by atoms with Crippen LogP contribution in [0.3, 0.4) is 0 Å². The largest absolute Gasteiger partial charge is 0.205 e. The fourth-order valence-corrected chi connectivity index (χ4v) is 4.93. The van der Waals surface area contributed by atoms with Crippen LogP contribution in [0.1, 0.15) is 11.1 Å². The summed E-state index contributed by atoms with van der Waals surface area (Å²) < 4.78 is 14.2. The normalized spacial score (nSPS) is 12.0. The molecule has 1 aliphatic rings. The monoisotopic (exact) mass is 316 g/mol. The second-order valence-electron chi connectivity index (χ2n) is 4.01. The van der Waals surface area contributed by atoms with Gasteiger partial charge in [0.2, 0.25) is 0 Å². The van der Waals surface area contributed by atoms with E-state index >= 15 is 0 Å². The molecule has 0 saturated heterocycles. The molecule has 6 heteroatoms. The zero-order valence-electron chi connectivity index (χ0n) is 9.98. The highest BCUT2D eigenvalue weighted by molar-refractivity contribution is 8.05. The van der Waals surface area contributed by atoms with Crippen molar-refractivity contribution in [2.75, 3.05) is 0 Å². The fourth-order valence-electron chi connectivity index (χ4n) is 1.94. The summed E-state index contributed by atoms with van der Waals surface area (Å²) >= 11 is 2.84. The van der Waals surface area contributed by atoms with Crippen molar-refractivity contribution < 1.29 is 4.39 Å². The maximum Gasteiger partial charge on any atom is 0.150 e. The van der Waals surface area contributed by atoms with Gasteiger partial charge >= 0.3 is 0 Å². The minimum atomic E-state index is -0.625. The highest BCUT2D eigenvalue weighted by atomic mass is 32.2. The summed E-state index contributed by atoms with van der Waals surface area (Å²) in [5, 5.41) is 18.7. The van der Waals surface area contributed by atoms with Crippen LogP contribution < -0.4 is 5.30 Å². The average Bonchev–Trinajstić information content (AvgIpc) is 2.49. The lowest BCUT2D eigenvalue weighted by molar-refractivity contribution is 0.627. The average molecular weight is 316 g/mol. The molecule has 0 fully saturated rings. The van der Waals surface area contributed by atoms with Crippen molar-refractivity contribution in [3.05, 3.63) is 41.2 Å². The molecule has 0 aliphatic carbocycles. The first kappa shape index (κ1) is 13.5. The number of hydrogen-bond acceptors (Lipinski definition) is 4. The van der Waals surface area contributed by atoms with Gasteiger partial charge in [-0.3, -0.25) is 0 Å². The Kier molecular flexibility index (Phi) is 3.44. The Hall–Kier alpha value is -1.52. The second kappa shape index (κ2) is 5.11. The molecule has 0 radical (unpaired) electrons. The molecule has 0 spiro atoms. The Labute approximate surface area is 126 Å². The van der Waals surface area contributed by atoms with Crippen molar-refractivity contribution in [1.82, 2.24) is 0 Å². The Morgan fingerprint density at radius 3 is 2.05 bits per heavy atom. The molecule has 1 heterocycles. The van der Waals surface area contributed by atoms with Gasteiger partial charge in [0.25, 0.3) is 0 Å². The lowest BCUT2D eigenvalue weighted by Gasteiger charge is -2.21. The molecule has 0 saturated carbocycles. The Morgan fingerprint density at radius 2 is 1.50 bits per heavy atom. The summed E-state index contributed by atoms with van der Waals surface area (Å²) in [6, 6.07) is 11.5. The molecule has 2 aromatic carbocycles. The van der Waals surface area contributed by atoms with Crippen molar-refractivity contribution in [3.63, 3.8) is 0 Å². The van der Waals surface area contributed by atoms with E-state index in [0.29, 0.717) is 15.1 Å². The summed E-state index contributed by atoms with van der Waals surface area (Å²) in [4.78, 5) is 3.41. The Balaban J connectivity index is 2.32. The van der Waals surface area contributed by atoms with E-state index in [4.69, 9.17) is 5.26 Å². The predicted molar refractivity (Wildman–Crippen MR) is 79.9 cm³/mol. The van der Waals surface area contributed by atoms with Crippen LogP contribution >= 0.6 is 32.8 Å². The van der Waals surface area contributed by atoms with Gasteiger partial charge < -0.3 is 0 Å². The van der Waals surface area contributed by atoms with Gasteiger partial charge in [-0.05, 0) is 12.1 Å². The zero-order chi connectivity index (χ0) is 14.3. The van der Waals surface area contributed by atoms with Crippen LogP contribution in [-0.2, 0) is 0 Å². The van der Waals surface area contributed by atoms with E-state index in [2.05, 4.69) is 9.24 Å². The van der Waals surface area contributed by atoms with E-state index in [-0.39, 0.29) is 11.1 Å². The highest BCUT2D eigenvalue weighted by Crippen LogP contribution is 2.50. The topological polar surface area (TPSA) is 47.6 Å². The second-order valence-corrected chi connectivity index (χ2v) is 6.69. The van der Waals surface area contributed by atoms with E-state index in [0.717, 1.165) is 9.79 Å². The first-order valence-corrected chi connectivity index (χ1v) is 7.78. The van der Waals surface area contributed by atoms with Crippen molar-refractivity contribution in [1.29, 1.82) is 10.5 Å². The molecule has 0 N–H and O–H groups in total. The van der Waals surface area contributed by atoms with E-state index in [1.165, 1.54) is 23.5 Å². The smallest absolute Gasteiger partial charge is 0.150 e. The lowest BCUT2D eigenvalue weighted by Crippen LogP contribution is -2.12.